The van der Waals surface area contributed by atoms with E-state index in [4.69, 9.17) is 5.26 Å². The zero-order valence-electron chi connectivity index (χ0n) is 6.92. The third-order valence-electron chi connectivity index (χ3n) is 1.61. The molecule has 1 heterocycles. The number of aromatic nitrogens is 1. The molecule has 0 atom stereocenters. The first-order valence-corrected chi connectivity index (χ1v) is 3.89. The number of H-pyrrole nitrogens is 1. The third-order valence-corrected chi connectivity index (χ3v) is 1.61. The molecular weight excluding hydrogens is 152 g/mol. The largest absolute Gasteiger partial charge is 0.364 e. The molecule has 3 nitrogen and oxygen atoms in total. The highest BCUT2D eigenvalue weighted by Gasteiger charge is 1.98. The normalized spacial score (nSPS) is 9.33. The smallest absolute Gasteiger partial charge is 0.199 e. The van der Waals surface area contributed by atoms with Crippen LogP contribution in [0.15, 0.2) is 17.1 Å². The quantitative estimate of drug-likeness (QED) is 0.710. The number of hydrogen-bond acceptors (Lipinski definition) is 2. The van der Waals surface area contributed by atoms with Crippen LogP contribution < -0.4 is 5.43 Å². The van der Waals surface area contributed by atoms with E-state index >= 15 is 0 Å². The van der Waals surface area contributed by atoms with Gasteiger partial charge in [-0.2, -0.15) is 5.26 Å². The van der Waals surface area contributed by atoms with Crippen LogP contribution >= 0.6 is 0 Å². The molecule has 0 aliphatic rings. The summed E-state index contributed by atoms with van der Waals surface area (Å²) in [6.45, 7) is 2.04. The average Bonchev–Trinajstić information content (AvgIpc) is 2.05. The Morgan fingerprint density at radius 3 is 2.92 bits per heavy atom. The van der Waals surface area contributed by atoms with Crippen LogP contribution in [0.1, 0.15) is 24.6 Å². The molecule has 0 radical (unpaired) electrons. The van der Waals surface area contributed by atoms with E-state index in [-0.39, 0.29) is 11.0 Å². The summed E-state index contributed by atoms with van der Waals surface area (Å²) < 4.78 is 0. The lowest BCUT2D eigenvalue weighted by atomic mass is 10.2. The Bertz CT molecular complexity index is 360. The van der Waals surface area contributed by atoms with Gasteiger partial charge in [0.25, 0.3) is 0 Å². The Labute approximate surface area is 70.7 Å². The summed E-state index contributed by atoms with van der Waals surface area (Å²) in [5.74, 6) is 0. The van der Waals surface area contributed by atoms with Crippen molar-refractivity contribution < 1.29 is 0 Å². The molecule has 1 aromatic rings. The molecule has 0 spiro atoms. The van der Waals surface area contributed by atoms with Crippen LogP contribution in [0, 0.1) is 11.3 Å². The molecule has 12 heavy (non-hydrogen) atoms. The second-order valence-electron chi connectivity index (χ2n) is 2.60. The third kappa shape index (κ3) is 1.73. The van der Waals surface area contributed by atoms with Gasteiger partial charge in [-0.25, -0.2) is 0 Å². The lowest BCUT2D eigenvalue weighted by Crippen LogP contribution is -2.07. The SMILES string of the molecule is CCCc1cc(=O)c(C#N)c[nH]1. The van der Waals surface area contributed by atoms with E-state index in [0.29, 0.717) is 0 Å². The van der Waals surface area contributed by atoms with Gasteiger partial charge in [-0.1, -0.05) is 13.3 Å². The molecule has 0 aliphatic carbocycles. The van der Waals surface area contributed by atoms with Crippen LogP contribution in [-0.4, -0.2) is 4.98 Å². The number of nitriles is 1. The predicted molar refractivity (Wildman–Crippen MR) is 45.8 cm³/mol. The molecule has 0 aliphatic heterocycles. The van der Waals surface area contributed by atoms with Gasteiger partial charge in [0.1, 0.15) is 11.6 Å². The average molecular weight is 162 g/mol. The summed E-state index contributed by atoms with van der Waals surface area (Å²) in [6, 6.07) is 3.31. The topological polar surface area (TPSA) is 56.6 Å². The number of nitrogens with zero attached hydrogens (tertiary/aromatic N) is 1. The Morgan fingerprint density at radius 1 is 1.67 bits per heavy atom. The van der Waals surface area contributed by atoms with Crippen molar-refractivity contribution >= 4 is 0 Å². The monoisotopic (exact) mass is 162 g/mol. The Balaban J connectivity index is 3.04. The summed E-state index contributed by atoms with van der Waals surface area (Å²) in [5.41, 5.74) is 0.871. The molecule has 1 aromatic heterocycles. The van der Waals surface area contributed by atoms with E-state index in [9.17, 15) is 4.79 Å². The van der Waals surface area contributed by atoms with Gasteiger partial charge >= 0.3 is 0 Å². The van der Waals surface area contributed by atoms with Crippen LogP contribution in [0.2, 0.25) is 0 Å². The van der Waals surface area contributed by atoms with Crippen LogP contribution in [0.5, 0.6) is 0 Å². The molecule has 0 unspecified atom stereocenters. The minimum Gasteiger partial charge on any atom is -0.364 e. The van der Waals surface area contributed by atoms with Crippen molar-refractivity contribution in [1.82, 2.24) is 4.98 Å². The minimum atomic E-state index is -0.195. The summed E-state index contributed by atoms with van der Waals surface area (Å²) in [6.07, 6.45) is 3.30. The van der Waals surface area contributed by atoms with E-state index in [1.165, 1.54) is 12.3 Å². The van der Waals surface area contributed by atoms with Crippen molar-refractivity contribution in [3.8, 4) is 6.07 Å². The first kappa shape index (κ1) is 8.54. The lowest BCUT2D eigenvalue weighted by Gasteiger charge is -1.96. The molecule has 1 N–H and O–H groups in total. The Morgan fingerprint density at radius 2 is 2.42 bits per heavy atom. The summed E-state index contributed by atoms with van der Waals surface area (Å²) in [7, 11) is 0. The van der Waals surface area contributed by atoms with Crippen LogP contribution in [0.3, 0.4) is 0 Å². The zero-order chi connectivity index (χ0) is 8.97. The maximum absolute atomic E-state index is 11.1. The summed E-state index contributed by atoms with van der Waals surface area (Å²) >= 11 is 0. The van der Waals surface area contributed by atoms with Crippen LogP contribution in [0.4, 0.5) is 0 Å². The van der Waals surface area contributed by atoms with Gasteiger partial charge in [0.2, 0.25) is 0 Å². The van der Waals surface area contributed by atoms with Gasteiger partial charge in [-0.3, -0.25) is 4.79 Å². The Hall–Kier alpha value is -1.56. The molecule has 0 amide bonds. The number of nitrogens with one attached hydrogen (secondary N) is 1. The van der Waals surface area contributed by atoms with Gasteiger partial charge in [0, 0.05) is 18.0 Å². The lowest BCUT2D eigenvalue weighted by molar-refractivity contribution is 0.879. The highest BCUT2D eigenvalue weighted by atomic mass is 16.1. The first-order chi connectivity index (χ1) is 5.77. The van der Waals surface area contributed by atoms with E-state index in [0.717, 1.165) is 18.5 Å². The van der Waals surface area contributed by atoms with Gasteiger partial charge < -0.3 is 4.98 Å². The molecule has 0 fully saturated rings. The van der Waals surface area contributed by atoms with Gasteiger partial charge in [-0.15, -0.1) is 0 Å². The highest BCUT2D eigenvalue weighted by molar-refractivity contribution is 5.26. The van der Waals surface area contributed by atoms with Crippen molar-refractivity contribution in [1.29, 1.82) is 5.26 Å². The number of hydrogen-bond donors (Lipinski definition) is 1. The van der Waals surface area contributed by atoms with Gasteiger partial charge in [0.05, 0.1) is 0 Å². The van der Waals surface area contributed by atoms with Crippen molar-refractivity contribution in [2.24, 2.45) is 0 Å². The van der Waals surface area contributed by atoms with E-state index in [1.54, 1.807) is 0 Å². The molecule has 0 saturated heterocycles. The van der Waals surface area contributed by atoms with Crippen LogP contribution in [0.25, 0.3) is 0 Å². The maximum atomic E-state index is 11.1. The number of pyridine rings is 1. The number of aromatic amines is 1. The molecule has 62 valence electrons. The molecule has 1 rings (SSSR count). The number of rotatable bonds is 2. The van der Waals surface area contributed by atoms with Crippen LogP contribution in [-0.2, 0) is 6.42 Å². The second kappa shape index (κ2) is 3.72. The molecule has 0 saturated carbocycles. The summed E-state index contributed by atoms with van der Waals surface area (Å²) in [4.78, 5) is 14.0. The highest BCUT2D eigenvalue weighted by Crippen LogP contribution is 1.95. The first-order valence-electron chi connectivity index (χ1n) is 3.89. The van der Waals surface area contributed by atoms with Crippen molar-refractivity contribution in [2.75, 3.05) is 0 Å². The van der Waals surface area contributed by atoms with Gasteiger partial charge in [0.15, 0.2) is 5.43 Å². The summed E-state index contributed by atoms with van der Waals surface area (Å²) in [5, 5.41) is 8.47. The minimum absolute atomic E-state index is 0.176. The molecular formula is C9H10N2O. The fourth-order valence-electron chi connectivity index (χ4n) is 1.01. The standard InChI is InChI=1S/C9H10N2O/c1-2-3-8-4-9(12)7(5-10)6-11-8/h4,6H,2-3H2,1H3,(H,11,12). The fraction of sp³-hybridized carbons (Fsp3) is 0.333. The molecule has 3 heteroatoms. The van der Waals surface area contributed by atoms with Crippen molar-refractivity contribution in [3.63, 3.8) is 0 Å². The van der Waals surface area contributed by atoms with E-state index in [1.807, 2.05) is 13.0 Å². The van der Waals surface area contributed by atoms with E-state index < -0.39 is 0 Å². The fourth-order valence-corrected chi connectivity index (χ4v) is 1.01. The predicted octanol–water partition coefficient (Wildman–Crippen LogP) is 1.20. The molecule has 0 bridgehead atoms. The van der Waals surface area contributed by atoms with Crippen molar-refractivity contribution in [3.05, 3.63) is 33.7 Å². The molecule has 0 aromatic carbocycles. The second-order valence-corrected chi connectivity index (χ2v) is 2.60. The Kier molecular flexibility index (Phi) is 2.65. The maximum Gasteiger partial charge on any atom is 0.199 e. The van der Waals surface area contributed by atoms with Crippen molar-refractivity contribution in [2.45, 2.75) is 19.8 Å². The number of aryl methyl sites for hydroxylation is 1. The van der Waals surface area contributed by atoms with Gasteiger partial charge in [-0.05, 0) is 6.42 Å². The zero-order valence-corrected chi connectivity index (χ0v) is 6.92. The van der Waals surface area contributed by atoms with E-state index in [2.05, 4.69) is 4.98 Å².